The molecule has 0 fully saturated rings. The smallest absolute Gasteiger partial charge is 0.234 e. The van der Waals surface area contributed by atoms with Crippen LogP contribution in [-0.2, 0) is 9.59 Å². The van der Waals surface area contributed by atoms with Gasteiger partial charge < -0.3 is 11.1 Å². The van der Waals surface area contributed by atoms with Crippen molar-refractivity contribution in [3.05, 3.63) is 87.0 Å². The second-order valence-electron chi connectivity index (χ2n) is 8.54. The number of nitrogens with one attached hydrogen (secondary N) is 1. The topological polar surface area (TPSA) is 125 Å². The summed E-state index contributed by atoms with van der Waals surface area (Å²) in [6.07, 6.45) is 1.41. The van der Waals surface area contributed by atoms with Crippen LogP contribution in [0.1, 0.15) is 30.7 Å². The number of amides is 1. The molecule has 1 amide bonds. The average molecular weight is 612 g/mol. The highest BCUT2D eigenvalue weighted by Crippen LogP contribution is 2.47. The van der Waals surface area contributed by atoms with Crippen molar-refractivity contribution in [2.24, 2.45) is 5.73 Å². The van der Waals surface area contributed by atoms with Gasteiger partial charge in [-0.05, 0) is 37.1 Å². The van der Waals surface area contributed by atoms with E-state index in [1.807, 2.05) is 18.2 Å². The molecule has 192 valence electrons. The van der Waals surface area contributed by atoms with Gasteiger partial charge in [0.15, 0.2) is 10.1 Å². The minimum Gasteiger partial charge on any atom is -0.384 e. The van der Waals surface area contributed by atoms with Crippen molar-refractivity contribution >= 4 is 61.5 Å². The Morgan fingerprint density at radius 3 is 2.79 bits per heavy atom. The van der Waals surface area contributed by atoms with E-state index in [-0.39, 0.29) is 34.4 Å². The Morgan fingerprint density at radius 1 is 1.26 bits per heavy atom. The molecule has 3 N–H and O–H groups in total. The van der Waals surface area contributed by atoms with E-state index in [2.05, 4.69) is 37.5 Å². The summed E-state index contributed by atoms with van der Waals surface area (Å²) in [6, 6.07) is 15.8. The van der Waals surface area contributed by atoms with E-state index in [4.69, 9.17) is 5.73 Å². The molecule has 38 heavy (non-hydrogen) atoms. The van der Waals surface area contributed by atoms with Crippen LogP contribution in [0.25, 0.3) is 0 Å². The van der Waals surface area contributed by atoms with Crippen molar-refractivity contribution in [2.75, 3.05) is 16.0 Å². The first-order valence-electron chi connectivity index (χ1n) is 11.6. The van der Waals surface area contributed by atoms with Gasteiger partial charge in [-0.2, -0.15) is 5.26 Å². The lowest BCUT2D eigenvalue weighted by molar-refractivity contribution is -0.116. The van der Waals surface area contributed by atoms with Crippen molar-refractivity contribution < 1.29 is 14.0 Å². The SMILES string of the molecule is N#CC1=C(N)N(c2nnc(SCC(=O)Nc3ccccc3)s2)C2=C(C(=O)CCC2)C1c1ccc(Br)cc1F. The number of para-hydroxylation sites is 1. The van der Waals surface area contributed by atoms with Gasteiger partial charge >= 0.3 is 0 Å². The summed E-state index contributed by atoms with van der Waals surface area (Å²) in [4.78, 5) is 27.1. The minimum atomic E-state index is -0.907. The van der Waals surface area contributed by atoms with Gasteiger partial charge in [-0.1, -0.05) is 63.3 Å². The highest BCUT2D eigenvalue weighted by Gasteiger charge is 2.42. The molecule has 0 saturated heterocycles. The van der Waals surface area contributed by atoms with E-state index in [1.54, 1.807) is 29.2 Å². The number of hydrogen-bond acceptors (Lipinski definition) is 9. The van der Waals surface area contributed by atoms with Gasteiger partial charge in [-0.15, -0.1) is 10.2 Å². The second-order valence-corrected chi connectivity index (χ2v) is 11.6. The first kappa shape index (κ1) is 26.1. The van der Waals surface area contributed by atoms with Gasteiger partial charge in [0, 0.05) is 33.4 Å². The summed E-state index contributed by atoms with van der Waals surface area (Å²) in [5.74, 6) is -1.58. The summed E-state index contributed by atoms with van der Waals surface area (Å²) in [5, 5.41) is 21.7. The minimum absolute atomic E-state index is 0.0758. The fraction of sp³-hybridized carbons (Fsp3) is 0.192. The molecule has 8 nitrogen and oxygen atoms in total. The molecule has 1 unspecified atom stereocenters. The number of nitriles is 1. The van der Waals surface area contributed by atoms with Gasteiger partial charge in [0.2, 0.25) is 11.0 Å². The summed E-state index contributed by atoms with van der Waals surface area (Å²) in [5.41, 5.74) is 8.46. The van der Waals surface area contributed by atoms with E-state index in [1.165, 1.54) is 29.2 Å². The van der Waals surface area contributed by atoms with Crippen molar-refractivity contribution in [1.29, 1.82) is 5.26 Å². The summed E-state index contributed by atoms with van der Waals surface area (Å²) < 4.78 is 16.1. The number of allylic oxidation sites excluding steroid dienone is 3. The lowest BCUT2D eigenvalue weighted by Crippen LogP contribution is -2.38. The van der Waals surface area contributed by atoms with E-state index in [0.717, 1.165) is 0 Å². The molecule has 1 atom stereocenters. The van der Waals surface area contributed by atoms with Gasteiger partial charge in [-0.25, -0.2) is 4.39 Å². The Morgan fingerprint density at radius 2 is 2.05 bits per heavy atom. The normalized spacial score (nSPS) is 17.3. The maximum Gasteiger partial charge on any atom is 0.234 e. The van der Waals surface area contributed by atoms with Gasteiger partial charge in [0.05, 0.1) is 23.3 Å². The number of ketones is 1. The van der Waals surface area contributed by atoms with Crippen LogP contribution in [0.4, 0.5) is 15.2 Å². The van der Waals surface area contributed by atoms with Crippen LogP contribution in [0.15, 0.2) is 80.0 Å². The predicted octanol–water partition coefficient (Wildman–Crippen LogP) is 5.48. The van der Waals surface area contributed by atoms with Crippen LogP contribution in [0, 0.1) is 17.1 Å². The molecule has 1 aliphatic heterocycles. The number of anilines is 2. The van der Waals surface area contributed by atoms with E-state index in [0.29, 0.717) is 50.2 Å². The molecule has 2 heterocycles. The molecule has 5 rings (SSSR count). The number of carbonyl (C=O) groups is 2. The van der Waals surface area contributed by atoms with Gasteiger partial charge in [-0.3, -0.25) is 14.5 Å². The Labute approximate surface area is 234 Å². The van der Waals surface area contributed by atoms with Crippen LogP contribution in [0.2, 0.25) is 0 Å². The molecule has 2 aromatic carbocycles. The summed E-state index contributed by atoms with van der Waals surface area (Å²) >= 11 is 5.67. The number of nitrogens with zero attached hydrogens (tertiary/aromatic N) is 4. The number of carbonyl (C=O) groups excluding carboxylic acids is 2. The molecule has 0 spiro atoms. The maximum atomic E-state index is 15.1. The van der Waals surface area contributed by atoms with Crippen LogP contribution in [0.5, 0.6) is 0 Å². The van der Waals surface area contributed by atoms with Crippen molar-refractivity contribution in [2.45, 2.75) is 29.5 Å². The van der Waals surface area contributed by atoms with E-state index < -0.39 is 11.7 Å². The molecule has 0 bridgehead atoms. The number of thioether (sulfide) groups is 1. The highest BCUT2D eigenvalue weighted by molar-refractivity contribution is 9.10. The number of rotatable bonds is 6. The van der Waals surface area contributed by atoms with Crippen molar-refractivity contribution in [1.82, 2.24) is 10.2 Å². The molecule has 3 aromatic rings. The molecule has 2 aliphatic rings. The molecule has 0 saturated carbocycles. The zero-order valence-electron chi connectivity index (χ0n) is 19.8. The third-order valence-electron chi connectivity index (χ3n) is 6.16. The summed E-state index contributed by atoms with van der Waals surface area (Å²) in [6.45, 7) is 0. The Kier molecular flexibility index (Phi) is 7.60. The number of hydrogen-bond donors (Lipinski definition) is 2. The average Bonchev–Trinajstić information content (AvgIpc) is 3.36. The maximum absolute atomic E-state index is 15.1. The predicted molar refractivity (Wildman–Crippen MR) is 148 cm³/mol. The molecular formula is C26H20BrFN6O2S2. The van der Waals surface area contributed by atoms with Gasteiger partial charge in [0.25, 0.3) is 0 Å². The summed E-state index contributed by atoms with van der Waals surface area (Å²) in [7, 11) is 0. The van der Waals surface area contributed by atoms with Gasteiger partial charge in [0.1, 0.15) is 11.6 Å². The lowest BCUT2D eigenvalue weighted by atomic mass is 9.75. The molecule has 12 heteroatoms. The molecule has 1 aliphatic carbocycles. The largest absolute Gasteiger partial charge is 0.384 e. The zero-order valence-corrected chi connectivity index (χ0v) is 23.0. The fourth-order valence-electron chi connectivity index (χ4n) is 4.55. The Bertz CT molecular complexity index is 1530. The number of halogens is 2. The molecule has 0 radical (unpaired) electrons. The van der Waals surface area contributed by atoms with Crippen LogP contribution in [-0.4, -0.2) is 27.6 Å². The lowest BCUT2D eigenvalue weighted by Gasteiger charge is -2.38. The monoisotopic (exact) mass is 610 g/mol. The number of benzene rings is 2. The van der Waals surface area contributed by atoms with Crippen molar-refractivity contribution in [3.63, 3.8) is 0 Å². The third kappa shape index (κ3) is 5.09. The van der Waals surface area contributed by atoms with Crippen molar-refractivity contribution in [3.8, 4) is 6.07 Å². The fourth-order valence-corrected chi connectivity index (χ4v) is 6.56. The van der Waals surface area contributed by atoms with E-state index >= 15 is 4.39 Å². The molecule has 1 aromatic heterocycles. The van der Waals surface area contributed by atoms with Crippen LogP contribution in [0.3, 0.4) is 0 Å². The Hall–Kier alpha value is -3.53. The standard InChI is InChI=1S/C26H20BrFN6O2S2/c27-14-9-10-16(18(28)11-14)22-17(12-29)24(30)34(19-7-4-8-20(35)23(19)22)25-32-33-26(38-25)37-13-21(36)31-15-5-2-1-3-6-15/h1-3,5-6,9-11,22H,4,7-8,13,30H2,(H,31,36). The first-order chi connectivity index (χ1) is 18.4. The number of aromatic nitrogens is 2. The second kappa shape index (κ2) is 11.1. The first-order valence-corrected chi connectivity index (χ1v) is 14.2. The van der Waals surface area contributed by atoms with E-state index in [9.17, 15) is 14.9 Å². The number of nitrogens with two attached hydrogens (primary N) is 1. The molecular weight excluding hydrogens is 591 g/mol. The quantitative estimate of drug-likeness (QED) is 0.352. The van der Waals surface area contributed by atoms with Crippen LogP contribution >= 0.6 is 39.0 Å². The Balaban J connectivity index is 1.45. The third-order valence-corrected chi connectivity index (χ3v) is 8.69. The van der Waals surface area contributed by atoms with Crippen LogP contribution < -0.4 is 16.0 Å². The zero-order chi connectivity index (χ0) is 26.8. The number of Topliss-reactive ketones (excluding diaryl/α,β-unsaturated/α-hetero) is 1. The highest BCUT2D eigenvalue weighted by atomic mass is 79.9.